The van der Waals surface area contributed by atoms with Crippen molar-refractivity contribution in [1.82, 2.24) is 5.32 Å². The number of aliphatic carboxylic acids is 2. The molecule has 0 bridgehead atoms. The van der Waals surface area contributed by atoms with Gasteiger partial charge < -0.3 is 15.5 Å². The maximum absolute atomic E-state index is 13.0. The summed E-state index contributed by atoms with van der Waals surface area (Å²) in [4.78, 5) is 32.9. The van der Waals surface area contributed by atoms with E-state index in [0.29, 0.717) is 0 Å². The van der Waals surface area contributed by atoms with E-state index in [4.69, 9.17) is 10.2 Å². The molecule has 0 aliphatic carbocycles. The topological polar surface area (TPSA) is 104 Å². The van der Waals surface area contributed by atoms with E-state index in [9.17, 15) is 18.8 Å². The molecule has 1 atom stereocenters. The van der Waals surface area contributed by atoms with Gasteiger partial charge in [-0.15, -0.1) is 0 Å². The Morgan fingerprint density at radius 3 is 2.42 bits per heavy atom. The first-order valence-corrected chi connectivity index (χ1v) is 5.81. The van der Waals surface area contributed by atoms with E-state index >= 15 is 0 Å². The van der Waals surface area contributed by atoms with E-state index in [2.05, 4.69) is 15.9 Å². The number of carboxylic acid groups (broad SMARTS) is 2. The molecule has 8 heteroatoms. The summed E-state index contributed by atoms with van der Waals surface area (Å²) in [7, 11) is 0. The summed E-state index contributed by atoms with van der Waals surface area (Å²) >= 11 is 2.88. The Bertz CT molecular complexity index is 534. The average Bonchev–Trinajstić information content (AvgIpc) is 2.31. The van der Waals surface area contributed by atoms with Gasteiger partial charge in [-0.3, -0.25) is 9.59 Å². The van der Waals surface area contributed by atoms with Crippen LogP contribution in [0.4, 0.5) is 4.39 Å². The Morgan fingerprint density at radius 1 is 1.32 bits per heavy atom. The van der Waals surface area contributed by atoms with Crippen molar-refractivity contribution in [2.75, 3.05) is 0 Å². The number of hydrogen-bond donors (Lipinski definition) is 3. The van der Waals surface area contributed by atoms with Crippen LogP contribution >= 0.6 is 15.9 Å². The Kier molecular flexibility index (Phi) is 4.99. The number of carbonyl (C=O) groups is 3. The lowest BCUT2D eigenvalue weighted by Gasteiger charge is -2.12. The lowest BCUT2D eigenvalue weighted by atomic mass is 10.1. The van der Waals surface area contributed by atoms with E-state index in [0.717, 1.165) is 12.1 Å². The van der Waals surface area contributed by atoms with Crippen molar-refractivity contribution in [2.24, 2.45) is 0 Å². The van der Waals surface area contributed by atoms with Gasteiger partial charge in [0.1, 0.15) is 11.9 Å². The predicted octanol–water partition coefficient (Wildman–Crippen LogP) is 1.25. The second-order valence-electron chi connectivity index (χ2n) is 3.59. The number of amides is 1. The second kappa shape index (κ2) is 6.28. The van der Waals surface area contributed by atoms with Crippen LogP contribution in [0.3, 0.4) is 0 Å². The molecule has 0 saturated carbocycles. The molecule has 1 rings (SSSR count). The molecule has 3 N–H and O–H groups in total. The Morgan fingerprint density at radius 2 is 1.95 bits per heavy atom. The smallest absolute Gasteiger partial charge is 0.326 e. The zero-order valence-electron chi connectivity index (χ0n) is 9.39. The van der Waals surface area contributed by atoms with Gasteiger partial charge in [0.2, 0.25) is 0 Å². The fourth-order valence-corrected chi connectivity index (χ4v) is 1.63. The third-order valence-corrected chi connectivity index (χ3v) is 2.77. The van der Waals surface area contributed by atoms with Crippen molar-refractivity contribution in [3.63, 3.8) is 0 Å². The molecule has 19 heavy (non-hydrogen) atoms. The van der Waals surface area contributed by atoms with Crippen LogP contribution < -0.4 is 5.32 Å². The van der Waals surface area contributed by atoms with E-state index < -0.39 is 36.1 Å². The van der Waals surface area contributed by atoms with Crippen LogP contribution in [0.1, 0.15) is 16.8 Å². The molecule has 0 unspecified atom stereocenters. The van der Waals surface area contributed by atoms with Gasteiger partial charge in [0, 0.05) is 5.56 Å². The van der Waals surface area contributed by atoms with E-state index in [1.54, 1.807) is 0 Å². The van der Waals surface area contributed by atoms with Crippen LogP contribution in [0.15, 0.2) is 22.7 Å². The van der Waals surface area contributed by atoms with Crippen molar-refractivity contribution >= 4 is 33.8 Å². The molecule has 6 nitrogen and oxygen atoms in total. The zero-order valence-corrected chi connectivity index (χ0v) is 11.0. The SMILES string of the molecule is O=C(O)C[C@@H](NC(=O)c1ccc(F)c(Br)c1)C(=O)O. The summed E-state index contributed by atoms with van der Waals surface area (Å²) < 4.78 is 13.0. The highest BCUT2D eigenvalue weighted by molar-refractivity contribution is 9.10. The Hall–Kier alpha value is -1.96. The monoisotopic (exact) mass is 333 g/mol. The molecule has 0 heterocycles. The maximum Gasteiger partial charge on any atom is 0.326 e. The summed E-state index contributed by atoms with van der Waals surface area (Å²) in [6, 6.07) is 1.82. The van der Waals surface area contributed by atoms with Crippen LogP contribution in [0.2, 0.25) is 0 Å². The number of hydrogen-bond acceptors (Lipinski definition) is 3. The van der Waals surface area contributed by atoms with Crippen molar-refractivity contribution in [3.8, 4) is 0 Å². The van der Waals surface area contributed by atoms with Crippen LogP contribution in [0.5, 0.6) is 0 Å². The maximum atomic E-state index is 13.0. The molecule has 0 fully saturated rings. The van der Waals surface area contributed by atoms with Crippen molar-refractivity contribution in [3.05, 3.63) is 34.1 Å². The van der Waals surface area contributed by atoms with E-state index in [1.807, 2.05) is 5.32 Å². The average molecular weight is 334 g/mol. The number of halogens is 2. The number of nitrogens with one attached hydrogen (secondary N) is 1. The first kappa shape index (κ1) is 15.1. The molecule has 0 spiro atoms. The molecule has 0 radical (unpaired) electrons. The highest BCUT2D eigenvalue weighted by Gasteiger charge is 2.23. The molecule has 0 aliphatic rings. The third kappa shape index (κ3) is 4.32. The standard InChI is InChI=1S/C11H9BrFNO5/c12-6-3-5(1-2-7(6)13)10(17)14-8(11(18)19)4-9(15)16/h1-3,8H,4H2,(H,14,17)(H,15,16)(H,18,19)/t8-/m1/s1. The van der Waals surface area contributed by atoms with Crippen LogP contribution in [-0.2, 0) is 9.59 Å². The quantitative estimate of drug-likeness (QED) is 0.752. The van der Waals surface area contributed by atoms with Gasteiger partial charge in [-0.2, -0.15) is 0 Å². The molecule has 1 amide bonds. The van der Waals surface area contributed by atoms with E-state index in [1.165, 1.54) is 6.07 Å². The number of rotatable bonds is 5. The van der Waals surface area contributed by atoms with Gasteiger partial charge in [-0.05, 0) is 34.1 Å². The lowest BCUT2D eigenvalue weighted by Crippen LogP contribution is -2.42. The fraction of sp³-hybridized carbons (Fsp3) is 0.182. The molecular weight excluding hydrogens is 325 g/mol. The fourth-order valence-electron chi connectivity index (χ4n) is 1.25. The molecule has 0 aromatic heterocycles. The van der Waals surface area contributed by atoms with Gasteiger partial charge in [0.15, 0.2) is 0 Å². The highest BCUT2D eigenvalue weighted by atomic mass is 79.9. The number of carbonyl (C=O) groups excluding carboxylic acids is 1. The Balaban J connectivity index is 2.84. The minimum absolute atomic E-state index is 0.0184. The normalized spacial score (nSPS) is 11.7. The number of carboxylic acids is 2. The molecule has 0 aliphatic heterocycles. The van der Waals surface area contributed by atoms with Crippen LogP contribution in [0, 0.1) is 5.82 Å². The summed E-state index contributed by atoms with van der Waals surface area (Å²) in [6.07, 6.45) is -0.747. The van der Waals surface area contributed by atoms with Crippen molar-refractivity contribution < 1.29 is 29.0 Å². The van der Waals surface area contributed by atoms with Gasteiger partial charge in [-0.1, -0.05) is 0 Å². The van der Waals surface area contributed by atoms with Crippen LogP contribution in [-0.4, -0.2) is 34.1 Å². The minimum atomic E-state index is -1.55. The van der Waals surface area contributed by atoms with Crippen molar-refractivity contribution in [2.45, 2.75) is 12.5 Å². The van der Waals surface area contributed by atoms with Gasteiger partial charge in [0.05, 0.1) is 10.9 Å². The summed E-state index contributed by atoms with van der Waals surface area (Å²) in [5, 5.41) is 19.3. The lowest BCUT2D eigenvalue weighted by molar-refractivity contribution is -0.145. The predicted molar refractivity (Wildman–Crippen MR) is 65.2 cm³/mol. The summed E-state index contributed by atoms with van der Waals surface area (Å²) in [5.41, 5.74) is 0.0184. The van der Waals surface area contributed by atoms with Gasteiger partial charge in [0.25, 0.3) is 5.91 Å². The van der Waals surface area contributed by atoms with E-state index in [-0.39, 0.29) is 10.0 Å². The van der Waals surface area contributed by atoms with Crippen LogP contribution in [0.25, 0.3) is 0 Å². The molecular formula is C11H9BrFNO5. The van der Waals surface area contributed by atoms with Crippen molar-refractivity contribution in [1.29, 1.82) is 0 Å². The largest absolute Gasteiger partial charge is 0.481 e. The first-order valence-electron chi connectivity index (χ1n) is 5.01. The zero-order chi connectivity index (χ0) is 14.6. The number of benzene rings is 1. The molecule has 102 valence electrons. The first-order chi connectivity index (χ1) is 8.81. The summed E-state index contributed by atoms with van der Waals surface area (Å²) in [5.74, 6) is -4.18. The Labute approximate surface area is 115 Å². The van der Waals surface area contributed by atoms with Gasteiger partial charge in [-0.25, -0.2) is 9.18 Å². The summed E-state index contributed by atoms with van der Waals surface area (Å²) in [6.45, 7) is 0. The third-order valence-electron chi connectivity index (χ3n) is 2.16. The minimum Gasteiger partial charge on any atom is -0.481 e. The van der Waals surface area contributed by atoms with Gasteiger partial charge >= 0.3 is 11.9 Å². The highest BCUT2D eigenvalue weighted by Crippen LogP contribution is 2.16. The molecule has 0 saturated heterocycles. The second-order valence-corrected chi connectivity index (χ2v) is 4.45. The molecule has 1 aromatic carbocycles. The molecule has 1 aromatic rings.